The molecule has 3 aromatic rings. The van der Waals surface area contributed by atoms with E-state index in [0.717, 1.165) is 22.2 Å². The fraction of sp³-hybridized carbons (Fsp3) is 0.211. The highest BCUT2D eigenvalue weighted by molar-refractivity contribution is 7.92. The fourth-order valence-electron chi connectivity index (χ4n) is 2.84. The van der Waals surface area contributed by atoms with E-state index in [2.05, 4.69) is 15.5 Å². The lowest BCUT2D eigenvalue weighted by Crippen LogP contribution is -2.47. The summed E-state index contributed by atoms with van der Waals surface area (Å²) in [4.78, 5) is 12.9. The zero-order chi connectivity index (χ0) is 21.9. The van der Waals surface area contributed by atoms with Crippen molar-refractivity contribution in [2.45, 2.75) is 19.4 Å². The summed E-state index contributed by atoms with van der Waals surface area (Å²) in [6.07, 6.45) is 1.14. The third-order valence-corrected chi connectivity index (χ3v) is 6.52. The van der Waals surface area contributed by atoms with E-state index >= 15 is 0 Å². The number of nitrogens with zero attached hydrogens (tertiary/aromatic N) is 3. The average molecular weight is 469 g/mol. The summed E-state index contributed by atoms with van der Waals surface area (Å²) < 4.78 is 39.4. The Morgan fingerprint density at radius 2 is 1.93 bits per heavy atom. The van der Waals surface area contributed by atoms with Crippen LogP contribution in [0.25, 0.3) is 10.6 Å². The Balaban J connectivity index is 1.88. The van der Waals surface area contributed by atoms with E-state index in [1.807, 2.05) is 30.3 Å². The van der Waals surface area contributed by atoms with E-state index in [0.29, 0.717) is 5.01 Å². The van der Waals surface area contributed by atoms with Crippen molar-refractivity contribution < 1.29 is 17.6 Å². The minimum Gasteiger partial charge on any atom is -0.299 e. The second-order valence-corrected chi connectivity index (χ2v) is 9.59. The molecular weight excluding hydrogens is 451 g/mol. The normalized spacial score (nSPS) is 12.4. The lowest BCUT2D eigenvalue weighted by Gasteiger charge is -2.29. The number of hydrogen-bond acceptors (Lipinski definition) is 6. The van der Waals surface area contributed by atoms with E-state index < -0.39 is 27.8 Å². The predicted octanol–water partition coefficient (Wildman–Crippen LogP) is 4.18. The SMILES string of the molecule is CCC(C(=O)Nc1nnc(-c2ccccc2)s1)N(c1ccc(F)c(Cl)c1)S(C)(=O)=O. The Bertz CT molecular complexity index is 1160. The maximum Gasteiger partial charge on any atom is 0.250 e. The molecule has 0 fully saturated rings. The second-order valence-electron chi connectivity index (χ2n) is 6.35. The monoisotopic (exact) mass is 468 g/mol. The summed E-state index contributed by atoms with van der Waals surface area (Å²) in [5, 5.41) is 11.3. The first kappa shape index (κ1) is 22.1. The number of rotatable bonds is 7. The molecule has 0 bridgehead atoms. The van der Waals surface area contributed by atoms with E-state index in [4.69, 9.17) is 11.6 Å². The molecule has 0 aliphatic heterocycles. The highest BCUT2D eigenvalue weighted by Crippen LogP contribution is 2.29. The van der Waals surface area contributed by atoms with Gasteiger partial charge in [-0.1, -0.05) is 60.2 Å². The molecule has 0 spiro atoms. The van der Waals surface area contributed by atoms with E-state index in [1.165, 1.54) is 23.5 Å². The van der Waals surface area contributed by atoms with Gasteiger partial charge < -0.3 is 0 Å². The minimum atomic E-state index is -3.88. The number of carbonyl (C=O) groups is 1. The van der Waals surface area contributed by atoms with Gasteiger partial charge in [0.15, 0.2) is 0 Å². The lowest BCUT2D eigenvalue weighted by molar-refractivity contribution is -0.117. The van der Waals surface area contributed by atoms with Gasteiger partial charge in [0.25, 0.3) is 0 Å². The molecule has 0 radical (unpaired) electrons. The molecule has 0 aliphatic carbocycles. The number of anilines is 2. The number of hydrogen-bond donors (Lipinski definition) is 1. The smallest absolute Gasteiger partial charge is 0.250 e. The first-order valence-electron chi connectivity index (χ1n) is 8.85. The zero-order valence-corrected chi connectivity index (χ0v) is 18.4. The van der Waals surface area contributed by atoms with Gasteiger partial charge in [0.05, 0.1) is 17.0 Å². The summed E-state index contributed by atoms with van der Waals surface area (Å²) in [6, 6.07) is 11.7. The Hall–Kier alpha value is -2.56. The van der Waals surface area contributed by atoms with Crippen molar-refractivity contribution in [2.24, 2.45) is 0 Å². The Labute approximate surface area is 182 Å². The van der Waals surface area contributed by atoms with Crippen LogP contribution in [0.5, 0.6) is 0 Å². The quantitative estimate of drug-likeness (QED) is 0.561. The highest BCUT2D eigenvalue weighted by atomic mass is 35.5. The number of benzene rings is 2. The Morgan fingerprint density at radius 3 is 2.53 bits per heavy atom. The standard InChI is InChI=1S/C19H18ClFN4O3S2/c1-3-16(25(30(2,27)28)13-9-10-15(21)14(20)11-13)17(26)22-19-24-23-18(29-19)12-7-5-4-6-8-12/h4-11,16H,3H2,1-2H3,(H,22,24,26). The molecule has 1 N–H and O–H groups in total. The van der Waals surface area contributed by atoms with E-state index in [-0.39, 0.29) is 22.3 Å². The largest absolute Gasteiger partial charge is 0.299 e. The van der Waals surface area contributed by atoms with Crippen LogP contribution in [-0.4, -0.2) is 36.8 Å². The molecule has 2 aromatic carbocycles. The first-order valence-corrected chi connectivity index (χ1v) is 11.9. The third kappa shape index (κ3) is 4.94. The molecule has 1 unspecified atom stereocenters. The molecule has 7 nitrogen and oxygen atoms in total. The number of amides is 1. The second kappa shape index (κ2) is 9.07. The molecule has 0 aliphatic rings. The molecule has 1 atom stereocenters. The number of halogens is 2. The van der Waals surface area contributed by atoms with Crippen LogP contribution in [-0.2, 0) is 14.8 Å². The molecule has 0 saturated carbocycles. The number of carbonyl (C=O) groups excluding carboxylic acids is 1. The molecule has 1 heterocycles. The van der Waals surface area contributed by atoms with E-state index in [9.17, 15) is 17.6 Å². The van der Waals surface area contributed by atoms with Crippen molar-refractivity contribution >= 4 is 49.7 Å². The fourth-order valence-corrected chi connectivity index (χ4v) is 4.97. The molecule has 1 aromatic heterocycles. The van der Waals surface area contributed by atoms with Crippen LogP contribution >= 0.6 is 22.9 Å². The van der Waals surface area contributed by atoms with Gasteiger partial charge >= 0.3 is 0 Å². The van der Waals surface area contributed by atoms with Crippen LogP contribution in [0.2, 0.25) is 5.02 Å². The Kier molecular flexibility index (Phi) is 6.69. The van der Waals surface area contributed by atoms with Crippen LogP contribution in [0.3, 0.4) is 0 Å². The zero-order valence-electron chi connectivity index (χ0n) is 16.0. The molecule has 158 valence electrons. The van der Waals surface area contributed by atoms with Crippen molar-refractivity contribution in [1.82, 2.24) is 10.2 Å². The summed E-state index contributed by atoms with van der Waals surface area (Å²) in [5.41, 5.74) is 0.939. The topological polar surface area (TPSA) is 92.3 Å². The first-order chi connectivity index (χ1) is 14.2. The number of sulfonamides is 1. The van der Waals surface area contributed by atoms with Crippen molar-refractivity contribution in [2.75, 3.05) is 15.9 Å². The van der Waals surface area contributed by atoms with Crippen LogP contribution in [0, 0.1) is 5.82 Å². The van der Waals surface area contributed by atoms with Crippen molar-refractivity contribution in [1.29, 1.82) is 0 Å². The molecule has 0 saturated heterocycles. The average Bonchev–Trinajstić information content (AvgIpc) is 3.16. The van der Waals surface area contributed by atoms with Gasteiger partial charge in [-0.25, -0.2) is 12.8 Å². The van der Waals surface area contributed by atoms with Crippen LogP contribution in [0.1, 0.15) is 13.3 Å². The van der Waals surface area contributed by atoms with Gasteiger partial charge in [0.1, 0.15) is 16.9 Å². The van der Waals surface area contributed by atoms with Gasteiger partial charge in [0, 0.05) is 5.56 Å². The van der Waals surface area contributed by atoms with Crippen molar-refractivity contribution in [3.8, 4) is 10.6 Å². The summed E-state index contributed by atoms with van der Waals surface area (Å²) >= 11 is 6.98. The Morgan fingerprint density at radius 1 is 1.23 bits per heavy atom. The van der Waals surface area contributed by atoms with Gasteiger partial charge in [-0.15, -0.1) is 10.2 Å². The van der Waals surface area contributed by atoms with Crippen LogP contribution < -0.4 is 9.62 Å². The van der Waals surface area contributed by atoms with Crippen molar-refractivity contribution in [3.63, 3.8) is 0 Å². The van der Waals surface area contributed by atoms with Crippen LogP contribution in [0.4, 0.5) is 15.2 Å². The van der Waals surface area contributed by atoms with Gasteiger partial charge in [-0.05, 0) is 24.6 Å². The summed E-state index contributed by atoms with van der Waals surface area (Å²) in [6.45, 7) is 1.67. The van der Waals surface area contributed by atoms with Gasteiger partial charge in [-0.3, -0.25) is 14.4 Å². The predicted molar refractivity (Wildman–Crippen MR) is 117 cm³/mol. The van der Waals surface area contributed by atoms with E-state index in [1.54, 1.807) is 6.92 Å². The number of aromatic nitrogens is 2. The number of nitrogens with one attached hydrogen (secondary N) is 1. The molecular formula is C19H18ClFN4O3S2. The highest BCUT2D eigenvalue weighted by Gasteiger charge is 2.32. The van der Waals surface area contributed by atoms with Crippen molar-refractivity contribution in [3.05, 3.63) is 59.4 Å². The lowest BCUT2D eigenvalue weighted by atomic mass is 10.2. The summed E-state index contributed by atoms with van der Waals surface area (Å²) in [5.74, 6) is -1.27. The molecule has 30 heavy (non-hydrogen) atoms. The molecule has 3 rings (SSSR count). The molecule has 1 amide bonds. The van der Waals surface area contributed by atoms with Gasteiger partial charge in [-0.2, -0.15) is 0 Å². The molecule has 11 heteroatoms. The maximum atomic E-state index is 13.5. The minimum absolute atomic E-state index is 0.0909. The summed E-state index contributed by atoms with van der Waals surface area (Å²) in [7, 11) is -3.88. The third-order valence-electron chi connectivity index (χ3n) is 4.16. The van der Waals surface area contributed by atoms with Crippen LogP contribution in [0.15, 0.2) is 48.5 Å². The maximum absolute atomic E-state index is 13.5. The van der Waals surface area contributed by atoms with Gasteiger partial charge in [0.2, 0.25) is 21.1 Å².